The highest BCUT2D eigenvalue weighted by Crippen LogP contribution is 2.29. The van der Waals surface area contributed by atoms with Crippen LogP contribution in [-0.2, 0) is 4.79 Å². The molecule has 5 heteroatoms. The van der Waals surface area contributed by atoms with Crippen LogP contribution in [0.5, 0.6) is 0 Å². The Balaban J connectivity index is 1.51. The van der Waals surface area contributed by atoms with Crippen molar-refractivity contribution in [3.05, 3.63) is 78.1 Å². The summed E-state index contributed by atoms with van der Waals surface area (Å²) < 4.78 is 13.7. The number of amides is 1. The molecule has 2 unspecified atom stereocenters. The first-order valence-electron chi connectivity index (χ1n) is 8.26. The number of fused-ring (bicyclic) bond motifs is 1. The van der Waals surface area contributed by atoms with Crippen molar-refractivity contribution in [1.29, 1.82) is 0 Å². The van der Waals surface area contributed by atoms with E-state index < -0.39 is 11.9 Å². The maximum atomic E-state index is 13.7. The first-order chi connectivity index (χ1) is 12.2. The lowest BCUT2D eigenvalue weighted by Crippen LogP contribution is -2.39. The van der Waals surface area contributed by atoms with Gasteiger partial charge in [-0.1, -0.05) is 54.6 Å². The van der Waals surface area contributed by atoms with Crippen LogP contribution in [0.25, 0.3) is 10.8 Å². The van der Waals surface area contributed by atoms with Gasteiger partial charge in [-0.25, -0.2) is 15.2 Å². The second-order valence-electron chi connectivity index (χ2n) is 6.17. The molecule has 4 nitrogen and oxygen atoms in total. The second kappa shape index (κ2) is 6.63. The van der Waals surface area contributed by atoms with E-state index >= 15 is 0 Å². The molecule has 4 rings (SSSR count). The first kappa shape index (κ1) is 15.7. The summed E-state index contributed by atoms with van der Waals surface area (Å²) in [6.45, 7) is 0. The van der Waals surface area contributed by atoms with E-state index in [9.17, 15) is 9.18 Å². The lowest BCUT2D eigenvalue weighted by molar-refractivity contribution is -0.117. The van der Waals surface area contributed by atoms with Gasteiger partial charge in [0.1, 0.15) is 11.9 Å². The first-order valence-corrected chi connectivity index (χ1v) is 8.26. The highest BCUT2D eigenvalue weighted by molar-refractivity contribution is 5.95. The van der Waals surface area contributed by atoms with Gasteiger partial charge in [-0.05, 0) is 34.9 Å². The molecule has 0 saturated carbocycles. The molecule has 3 aromatic carbocycles. The molecule has 1 aliphatic rings. The molecule has 1 aliphatic heterocycles. The van der Waals surface area contributed by atoms with Crippen molar-refractivity contribution in [3.8, 4) is 0 Å². The summed E-state index contributed by atoms with van der Waals surface area (Å²) in [7, 11) is 0. The topological polar surface area (TPSA) is 53.2 Å². The Bertz CT molecular complexity index is 922. The molecule has 126 valence electrons. The van der Waals surface area contributed by atoms with Crippen molar-refractivity contribution in [1.82, 2.24) is 10.9 Å². The lowest BCUT2D eigenvalue weighted by Gasteiger charge is -2.13. The summed E-state index contributed by atoms with van der Waals surface area (Å²) in [5, 5.41) is 4.98. The number of para-hydroxylation sites is 1. The number of benzene rings is 3. The fourth-order valence-corrected chi connectivity index (χ4v) is 3.27. The lowest BCUT2D eigenvalue weighted by atomic mass is 9.96. The molecule has 1 heterocycles. The number of hydrogen-bond acceptors (Lipinski definition) is 3. The highest BCUT2D eigenvalue weighted by Gasteiger charge is 2.31. The Morgan fingerprint density at radius 2 is 1.72 bits per heavy atom. The summed E-state index contributed by atoms with van der Waals surface area (Å²) >= 11 is 0. The molecule has 2 atom stereocenters. The van der Waals surface area contributed by atoms with Crippen molar-refractivity contribution in [2.45, 2.75) is 18.5 Å². The third-order valence-electron chi connectivity index (χ3n) is 4.55. The van der Waals surface area contributed by atoms with Gasteiger partial charge in [0.05, 0.1) is 5.69 Å². The largest absolute Gasteiger partial charge is 0.322 e. The summed E-state index contributed by atoms with van der Waals surface area (Å²) in [5.41, 5.74) is 7.56. The van der Waals surface area contributed by atoms with Gasteiger partial charge in [-0.2, -0.15) is 0 Å². The monoisotopic (exact) mass is 335 g/mol. The van der Waals surface area contributed by atoms with E-state index in [1.54, 1.807) is 18.2 Å². The van der Waals surface area contributed by atoms with Crippen LogP contribution in [0.2, 0.25) is 0 Å². The number of nitrogens with one attached hydrogen (secondary N) is 3. The zero-order valence-electron chi connectivity index (χ0n) is 13.5. The molecule has 1 saturated heterocycles. The van der Waals surface area contributed by atoms with E-state index in [4.69, 9.17) is 0 Å². The van der Waals surface area contributed by atoms with Crippen LogP contribution >= 0.6 is 0 Å². The Labute approximate surface area is 145 Å². The average molecular weight is 335 g/mol. The molecule has 0 spiro atoms. The van der Waals surface area contributed by atoms with Gasteiger partial charge in [-0.3, -0.25) is 4.79 Å². The van der Waals surface area contributed by atoms with E-state index in [-0.39, 0.29) is 17.6 Å². The van der Waals surface area contributed by atoms with E-state index in [1.165, 1.54) is 16.8 Å². The van der Waals surface area contributed by atoms with Crippen molar-refractivity contribution in [2.75, 3.05) is 5.32 Å². The van der Waals surface area contributed by atoms with Crippen LogP contribution in [0.15, 0.2) is 66.7 Å². The number of rotatable bonds is 3. The quantitative estimate of drug-likeness (QED) is 0.686. The Hall–Kier alpha value is -2.76. The zero-order chi connectivity index (χ0) is 17.2. The van der Waals surface area contributed by atoms with Crippen LogP contribution in [0.4, 0.5) is 10.1 Å². The van der Waals surface area contributed by atoms with Crippen LogP contribution in [-0.4, -0.2) is 11.9 Å². The third-order valence-corrected chi connectivity index (χ3v) is 4.55. The fraction of sp³-hybridized carbons (Fsp3) is 0.150. The molecule has 1 amide bonds. The Morgan fingerprint density at radius 1 is 0.960 bits per heavy atom. The fourth-order valence-electron chi connectivity index (χ4n) is 3.27. The molecule has 0 aliphatic carbocycles. The van der Waals surface area contributed by atoms with Crippen molar-refractivity contribution in [2.24, 2.45) is 0 Å². The van der Waals surface area contributed by atoms with Crippen LogP contribution in [0.1, 0.15) is 18.0 Å². The number of hydrazine groups is 1. The standard InChI is InChI=1S/C20H18FN3O/c21-16-10-3-4-11-17(16)22-20(25)19-12-18(23-24-19)15-9-5-7-13-6-1-2-8-14(13)15/h1-11,18-19,23-24H,12H2,(H,22,25). The number of carbonyl (C=O) groups is 1. The molecular weight excluding hydrogens is 317 g/mol. The minimum atomic E-state index is -0.438. The van der Waals surface area contributed by atoms with Gasteiger partial charge in [-0.15, -0.1) is 0 Å². The normalized spacial score (nSPS) is 19.9. The van der Waals surface area contributed by atoms with Gasteiger partial charge in [0, 0.05) is 6.04 Å². The maximum Gasteiger partial charge on any atom is 0.243 e. The van der Waals surface area contributed by atoms with Gasteiger partial charge in [0.2, 0.25) is 5.91 Å². The number of halogens is 1. The highest BCUT2D eigenvalue weighted by atomic mass is 19.1. The number of anilines is 1. The molecule has 0 radical (unpaired) electrons. The summed E-state index contributed by atoms with van der Waals surface area (Å²) in [6, 6.07) is 20.1. The van der Waals surface area contributed by atoms with Crippen molar-refractivity contribution >= 4 is 22.4 Å². The minimum Gasteiger partial charge on any atom is -0.322 e. The Kier molecular flexibility index (Phi) is 4.17. The van der Waals surface area contributed by atoms with E-state index in [0.29, 0.717) is 6.42 Å². The van der Waals surface area contributed by atoms with Gasteiger partial charge >= 0.3 is 0 Å². The maximum absolute atomic E-state index is 13.7. The second-order valence-corrected chi connectivity index (χ2v) is 6.17. The van der Waals surface area contributed by atoms with Gasteiger partial charge in [0.25, 0.3) is 0 Å². The average Bonchev–Trinajstić information content (AvgIpc) is 3.13. The molecular formula is C20H18FN3O. The molecule has 0 aromatic heterocycles. The van der Waals surface area contributed by atoms with Crippen LogP contribution in [0.3, 0.4) is 0 Å². The summed E-state index contributed by atoms with van der Waals surface area (Å²) in [5.74, 6) is -0.687. The summed E-state index contributed by atoms with van der Waals surface area (Å²) in [4.78, 5) is 12.4. The van der Waals surface area contributed by atoms with Gasteiger partial charge in [0.15, 0.2) is 0 Å². The molecule has 0 bridgehead atoms. The number of carbonyl (C=O) groups excluding carboxylic acids is 1. The van der Waals surface area contributed by atoms with E-state index in [2.05, 4.69) is 40.4 Å². The predicted molar refractivity (Wildman–Crippen MR) is 96.4 cm³/mol. The minimum absolute atomic E-state index is 0.0162. The van der Waals surface area contributed by atoms with Crippen LogP contribution < -0.4 is 16.2 Å². The van der Waals surface area contributed by atoms with Crippen molar-refractivity contribution < 1.29 is 9.18 Å². The zero-order valence-corrected chi connectivity index (χ0v) is 13.5. The van der Waals surface area contributed by atoms with Crippen LogP contribution in [0, 0.1) is 5.82 Å². The molecule has 3 N–H and O–H groups in total. The molecule has 25 heavy (non-hydrogen) atoms. The Morgan fingerprint density at radius 3 is 2.60 bits per heavy atom. The van der Waals surface area contributed by atoms with Crippen molar-refractivity contribution in [3.63, 3.8) is 0 Å². The SMILES string of the molecule is O=C(Nc1ccccc1F)C1CC(c2cccc3ccccc23)NN1. The predicted octanol–water partition coefficient (Wildman–Crippen LogP) is 3.53. The van der Waals surface area contributed by atoms with E-state index in [0.717, 1.165) is 5.56 Å². The molecule has 1 fully saturated rings. The number of hydrogen-bond donors (Lipinski definition) is 3. The molecule has 3 aromatic rings. The summed E-state index contributed by atoms with van der Waals surface area (Å²) in [6.07, 6.45) is 0.592. The van der Waals surface area contributed by atoms with E-state index in [1.807, 2.05) is 18.2 Å². The third kappa shape index (κ3) is 3.12. The van der Waals surface area contributed by atoms with Gasteiger partial charge < -0.3 is 5.32 Å². The smallest absolute Gasteiger partial charge is 0.243 e.